The molecule has 5 amide bonds. The van der Waals surface area contributed by atoms with Crippen LogP contribution in [0.2, 0.25) is 0 Å². The predicted octanol–water partition coefficient (Wildman–Crippen LogP) is 5.45. The Balaban J connectivity index is 1.16. The first kappa shape index (κ1) is 48.5. The molecule has 3 saturated heterocycles. The highest BCUT2D eigenvalue weighted by Gasteiger charge is 2.41. The van der Waals surface area contributed by atoms with Gasteiger partial charge in [0.2, 0.25) is 11.8 Å². The highest BCUT2D eigenvalue weighted by atomic mass is 16.5. The van der Waals surface area contributed by atoms with Crippen molar-refractivity contribution in [1.29, 1.82) is 0 Å². The quantitative estimate of drug-likeness (QED) is 0.124. The molecule has 0 spiro atoms. The Morgan fingerprint density at radius 3 is 2.49 bits per heavy atom. The summed E-state index contributed by atoms with van der Waals surface area (Å²) in [5, 5.41) is 19.9. The molecule has 4 aliphatic heterocycles. The number of hydrogen-bond donors (Lipinski definition) is 4. The monoisotopic (exact) mass is 932 g/mol. The van der Waals surface area contributed by atoms with Gasteiger partial charge >= 0.3 is 12.0 Å². The number of carbonyl (C=O) groups is 5. The van der Waals surface area contributed by atoms with Crippen LogP contribution >= 0.6 is 0 Å². The van der Waals surface area contributed by atoms with E-state index in [2.05, 4.69) is 73.4 Å². The van der Waals surface area contributed by atoms with Gasteiger partial charge in [0.25, 0.3) is 5.91 Å². The van der Waals surface area contributed by atoms with Gasteiger partial charge in [-0.25, -0.2) is 10.2 Å². The number of carbonyl (C=O) groups excluding carboxylic acids is 5. The fourth-order valence-corrected chi connectivity index (χ4v) is 10.5. The third-order valence-corrected chi connectivity index (χ3v) is 14.1. The van der Waals surface area contributed by atoms with Gasteiger partial charge in [0.05, 0.1) is 30.1 Å². The van der Waals surface area contributed by atoms with E-state index in [0.29, 0.717) is 57.4 Å². The van der Waals surface area contributed by atoms with E-state index in [1.54, 1.807) is 36.0 Å². The third-order valence-electron chi connectivity index (χ3n) is 14.1. The number of phenols is 1. The van der Waals surface area contributed by atoms with Gasteiger partial charge in [0, 0.05) is 81.3 Å². The first-order chi connectivity index (χ1) is 32.3. The maximum atomic E-state index is 14.8. The standard InChI is InChI=1S/C52H69N9O7/c1-10-60-43-16-15-33-25-38(43)39(46(60)37-13-11-18-53-44(37)30(2)3)26-52(6,7)29-68-50(66)40-14-12-19-61(56-40)49(65)41(23-32-21-34(33)24-36(62)22-32)55-47(63)45(31(4)5)58(9)51(67)59-20-17-35(28-59)57(8)48(64)42-27-54-42/h11,13,15-16,18,21-22,24-25,30-31,35,40-42,45,54,56,62H,10,12,14,17,19-20,23,26-29H2,1-9H3,(H,55,63)/t35-,40+,41+,42-,45+/m1/s1. The van der Waals surface area contributed by atoms with Crippen molar-refractivity contribution in [2.45, 2.75) is 123 Å². The van der Waals surface area contributed by atoms with Crippen molar-refractivity contribution in [3.05, 3.63) is 71.5 Å². The minimum atomic E-state index is -1.15. The van der Waals surface area contributed by atoms with Crippen molar-refractivity contribution in [1.82, 2.24) is 45.3 Å². The topological polar surface area (TPSA) is 192 Å². The zero-order chi connectivity index (χ0) is 48.8. The molecule has 6 bridgehead atoms. The minimum Gasteiger partial charge on any atom is -0.508 e. The van der Waals surface area contributed by atoms with Crippen molar-refractivity contribution < 1.29 is 33.8 Å². The largest absolute Gasteiger partial charge is 0.508 e. The van der Waals surface area contributed by atoms with Crippen molar-refractivity contribution in [3.8, 4) is 28.1 Å². The van der Waals surface area contributed by atoms with Crippen molar-refractivity contribution >= 4 is 40.6 Å². The SMILES string of the molecule is CCn1c(-c2cccnc2C(C)C)c2c3cc(ccc31)-c1cc(O)cc(c1)C[C@H](NC(=O)[C@H](C(C)C)N(C)C(=O)N1CC[C@@H](N(C)C(=O)[C@H]3CN3)C1)C(=O)N1CCC[C@H](N1)C(=O)OCC(C)(C)C2. The first-order valence-corrected chi connectivity index (χ1v) is 24.4. The number of fused-ring (bicyclic) bond motifs is 6. The molecule has 2 aromatic carbocycles. The molecule has 0 unspecified atom stereocenters. The number of phenolic OH excluding ortho intramolecular Hbond substituents is 1. The highest BCUT2D eigenvalue weighted by Crippen LogP contribution is 2.42. The summed E-state index contributed by atoms with van der Waals surface area (Å²) in [6.45, 7) is 16.9. The number of likely N-dealkylation sites (tertiary alicyclic amines) is 1. The molecule has 364 valence electrons. The number of nitrogens with zero attached hydrogens (tertiary/aromatic N) is 6. The molecular weight excluding hydrogens is 863 g/mol. The van der Waals surface area contributed by atoms with E-state index in [4.69, 9.17) is 9.72 Å². The van der Waals surface area contributed by atoms with Crippen LogP contribution in [-0.2, 0) is 43.3 Å². The molecule has 0 aliphatic carbocycles. The number of cyclic esters (lactones) is 1. The Kier molecular flexibility index (Phi) is 13.9. The average Bonchev–Trinajstić information content (AvgIpc) is 3.97. The lowest BCUT2D eigenvalue weighted by atomic mass is 9.83. The summed E-state index contributed by atoms with van der Waals surface area (Å²) in [7, 11) is 3.36. The number of pyridine rings is 1. The van der Waals surface area contributed by atoms with E-state index >= 15 is 0 Å². The molecule has 0 saturated carbocycles. The molecule has 4 aliphatic rings. The van der Waals surface area contributed by atoms with Gasteiger partial charge in [-0.1, -0.05) is 53.7 Å². The number of amides is 5. The summed E-state index contributed by atoms with van der Waals surface area (Å²) in [6.07, 6.45) is 4.01. The third kappa shape index (κ3) is 9.93. The Morgan fingerprint density at radius 1 is 1.01 bits per heavy atom. The second-order valence-electron chi connectivity index (χ2n) is 20.7. The fourth-order valence-electron chi connectivity index (χ4n) is 10.5. The molecule has 4 aromatic rings. The molecule has 16 heteroatoms. The number of hydrazine groups is 1. The second kappa shape index (κ2) is 19.5. The maximum Gasteiger partial charge on any atom is 0.324 e. The Hall–Kier alpha value is -6.00. The van der Waals surface area contributed by atoms with Crippen molar-refractivity contribution in [2.24, 2.45) is 11.3 Å². The van der Waals surface area contributed by atoms with Gasteiger partial charge in [-0.05, 0) is 103 Å². The number of nitrogens with one attached hydrogen (secondary N) is 3. The molecule has 8 rings (SSSR count). The van der Waals surface area contributed by atoms with Gasteiger partial charge in [-0.2, -0.15) is 0 Å². The highest BCUT2D eigenvalue weighted by molar-refractivity contribution is 5.96. The Bertz CT molecular complexity index is 2580. The van der Waals surface area contributed by atoms with Crippen LogP contribution in [0.25, 0.3) is 33.3 Å². The summed E-state index contributed by atoms with van der Waals surface area (Å²) in [5.74, 6) is -1.61. The van der Waals surface area contributed by atoms with Crippen LogP contribution in [0.5, 0.6) is 5.75 Å². The summed E-state index contributed by atoms with van der Waals surface area (Å²) in [5.41, 5.74) is 10.1. The molecule has 68 heavy (non-hydrogen) atoms. The number of aromatic nitrogens is 2. The zero-order valence-corrected chi connectivity index (χ0v) is 41.1. The van der Waals surface area contributed by atoms with E-state index < -0.39 is 41.3 Å². The van der Waals surface area contributed by atoms with Crippen LogP contribution in [-0.4, -0.2) is 141 Å². The molecule has 5 atom stereocenters. The number of esters is 1. The van der Waals surface area contributed by atoms with Crippen LogP contribution in [0.4, 0.5) is 4.79 Å². The number of rotatable bonds is 9. The Labute approximate surface area is 399 Å². The molecule has 4 N–H and O–H groups in total. The summed E-state index contributed by atoms with van der Waals surface area (Å²) < 4.78 is 8.46. The van der Waals surface area contributed by atoms with Crippen molar-refractivity contribution in [3.63, 3.8) is 0 Å². The summed E-state index contributed by atoms with van der Waals surface area (Å²) >= 11 is 0. The number of benzene rings is 2. The molecule has 6 heterocycles. The zero-order valence-electron chi connectivity index (χ0n) is 41.1. The number of urea groups is 1. The van der Waals surface area contributed by atoms with E-state index in [9.17, 15) is 29.1 Å². The lowest BCUT2D eigenvalue weighted by Gasteiger charge is -2.37. The van der Waals surface area contributed by atoms with Crippen LogP contribution < -0.4 is 16.1 Å². The van der Waals surface area contributed by atoms with E-state index in [1.165, 1.54) is 9.91 Å². The number of likely N-dealkylation sites (N-methyl/N-ethyl adjacent to an activating group) is 2. The summed E-state index contributed by atoms with van der Waals surface area (Å²) in [4.78, 5) is 79.9. The van der Waals surface area contributed by atoms with Gasteiger partial charge in [-0.15, -0.1) is 0 Å². The van der Waals surface area contributed by atoms with Gasteiger partial charge < -0.3 is 39.7 Å². The van der Waals surface area contributed by atoms with E-state index in [0.717, 1.165) is 44.5 Å². The number of aromatic hydroxyl groups is 1. The van der Waals surface area contributed by atoms with Crippen LogP contribution in [0, 0.1) is 11.3 Å². The van der Waals surface area contributed by atoms with Crippen LogP contribution in [0.1, 0.15) is 90.5 Å². The van der Waals surface area contributed by atoms with Crippen molar-refractivity contribution in [2.75, 3.05) is 46.9 Å². The smallest absolute Gasteiger partial charge is 0.324 e. The lowest BCUT2D eigenvalue weighted by Crippen LogP contribution is -2.62. The first-order valence-electron chi connectivity index (χ1n) is 24.4. The lowest BCUT2D eigenvalue weighted by molar-refractivity contribution is -0.155. The number of ether oxygens (including phenoxy) is 1. The summed E-state index contributed by atoms with van der Waals surface area (Å²) in [6, 6.07) is 12.1. The number of aryl methyl sites for hydroxylation is 1. The minimum absolute atomic E-state index is 0.00277. The number of hydrogen-bond acceptors (Lipinski definition) is 10. The van der Waals surface area contributed by atoms with Gasteiger partial charge in [-0.3, -0.25) is 29.2 Å². The predicted molar refractivity (Wildman–Crippen MR) is 260 cm³/mol. The van der Waals surface area contributed by atoms with E-state index in [1.807, 2.05) is 38.2 Å². The molecule has 0 radical (unpaired) electrons. The van der Waals surface area contributed by atoms with Crippen LogP contribution in [0.3, 0.4) is 0 Å². The van der Waals surface area contributed by atoms with Gasteiger partial charge in [0.1, 0.15) is 23.9 Å². The fraction of sp³-hybridized carbons (Fsp3) is 0.538. The second-order valence-corrected chi connectivity index (χ2v) is 20.7. The maximum absolute atomic E-state index is 14.8. The molecule has 3 fully saturated rings. The van der Waals surface area contributed by atoms with Crippen LogP contribution in [0.15, 0.2) is 54.7 Å². The Morgan fingerprint density at radius 2 is 1.78 bits per heavy atom. The molecule has 16 nitrogen and oxygen atoms in total. The average molecular weight is 932 g/mol. The normalized spacial score (nSPS) is 22.2. The molecule has 2 aromatic heterocycles. The van der Waals surface area contributed by atoms with E-state index in [-0.39, 0.29) is 61.2 Å². The molecular formula is C52H69N9O7. The van der Waals surface area contributed by atoms with Gasteiger partial charge in [0.15, 0.2) is 0 Å².